The van der Waals surface area contributed by atoms with Gasteiger partial charge in [0, 0.05) is 42.9 Å². The van der Waals surface area contributed by atoms with Gasteiger partial charge in [0.05, 0.1) is 31.3 Å². The third-order valence-corrected chi connectivity index (χ3v) is 13.7. The van der Waals surface area contributed by atoms with Crippen LogP contribution in [0.25, 0.3) is 10.9 Å². The average Bonchev–Trinajstić information content (AvgIpc) is 4.27. The zero-order valence-electron chi connectivity index (χ0n) is 45.3. The van der Waals surface area contributed by atoms with Gasteiger partial charge >= 0.3 is 0 Å². The van der Waals surface area contributed by atoms with Crippen molar-refractivity contribution in [1.29, 1.82) is 0 Å². The van der Waals surface area contributed by atoms with Gasteiger partial charge in [0.15, 0.2) is 5.78 Å². The van der Waals surface area contributed by atoms with Crippen molar-refractivity contribution in [3.05, 3.63) is 71.9 Å². The number of nitrogens with two attached hydrogens (primary N) is 3. The molecule has 2 fully saturated rings. The number of nitrogens with zero attached hydrogens (tertiary/aromatic N) is 1. The fraction of sp³-hybridized carbons (Fsp3) is 0.509. The van der Waals surface area contributed by atoms with Crippen molar-refractivity contribution in [1.82, 2.24) is 52.4 Å². The number of fused-ring (bicyclic) bond motifs is 1. The lowest BCUT2D eigenvalue weighted by atomic mass is 9.96. The van der Waals surface area contributed by atoms with Crippen LogP contribution < -0.4 is 59.7 Å². The zero-order valence-corrected chi connectivity index (χ0v) is 45.3. The summed E-state index contributed by atoms with van der Waals surface area (Å²) >= 11 is 0. The second-order valence-corrected chi connectivity index (χ2v) is 20.6. The van der Waals surface area contributed by atoms with Gasteiger partial charge < -0.3 is 84.9 Å². The van der Waals surface area contributed by atoms with Crippen LogP contribution in [-0.2, 0) is 70.4 Å². The second-order valence-electron chi connectivity index (χ2n) is 20.6. The topological polar surface area (TPSA) is 459 Å². The largest absolute Gasteiger partial charge is 0.394 e. The molecule has 18 N–H and O–H groups in total. The van der Waals surface area contributed by atoms with E-state index in [0.717, 1.165) is 4.90 Å². The van der Waals surface area contributed by atoms with Gasteiger partial charge in [0.1, 0.15) is 54.4 Å². The quantitative estimate of drug-likeness (QED) is 0.0289. The third kappa shape index (κ3) is 17.6. The maximum Gasteiger partial charge on any atom is 0.248 e. The van der Waals surface area contributed by atoms with Gasteiger partial charge in [0.25, 0.3) is 0 Å². The Balaban J connectivity index is 1.34. The number of ketones is 1. The highest BCUT2D eigenvalue weighted by molar-refractivity contribution is 6.10. The molecule has 2 aromatic carbocycles. The summed E-state index contributed by atoms with van der Waals surface area (Å²) in [5, 5.41) is 51.6. The molecule has 2 aliphatic rings. The lowest BCUT2D eigenvalue weighted by Gasteiger charge is -2.32. The molecule has 12 atom stereocenters. The number of likely N-dealkylation sites (tertiary alicyclic amines) is 1. The van der Waals surface area contributed by atoms with Gasteiger partial charge in [0.2, 0.25) is 65.0 Å². The number of hydrogen-bond acceptors (Lipinski definition) is 16. The summed E-state index contributed by atoms with van der Waals surface area (Å²) < 4.78 is 0. The monoisotopic (exact) mass is 1130 g/mol. The average molecular weight is 1130 g/mol. The second kappa shape index (κ2) is 29.2. The van der Waals surface area contributed by atoms with Gasteiger partial charge in [-0.3, -0.25) is 57.5 Å². The molecule has 28 heteroatoms. The van der Waals surface area contributed by atoms with E-state index in [1.54, 1.807) is 74.6 Å². The standard InChI is InChI=1S/C53H73N13O15/c1-25(2)19-34(60-46(74)32-16-17-40(71)58-32)48(76)64-42(26(3)68)52(80)62-35(20-28-11-6-5-7-12-28)49(77)65-43(27(4)69)53(81)66-18-10-15-38(66)50(78)61-36(22-39(54)70)47(75)59-33(21-29-23-57-31-14-9-8-13-30(29)31)44(72)41(55)51(79)63-37(24-67)45(56)73/h5-9,11-14,23,25-27,32-38,41-43,57,67-69H,10,15-22,24,55H2,1-4H3,(H2,54,70)(H2,56,73)(H,58,71)(H,59,75)(H,60,74)(H,61,78)(H,62,80)(H,63,79)(H,64,76)(H,65,77). The molecule has 2 saturated heterocycles. The normalized spacial score (nSPS) is 18.7. The van der Waals surface area contributed by atoms with Crippen molar-refractivity contribution in [3.63, 3.8) is 0 Å². The van der Waals surface area contributed by atoms with E-state index in [2.05, 4.69) is 47.5 Å². The van der Waals surface area contributed by atoms with Gasteiger partial charge in [-0.2, -0.15) is 0 Å². The number of aromatic nitrogens is 1. The number of Topliss-reactive ketones (excluding diaryl/α,β-unsaturated/α-hetero) is 1. The zero-order chi connectivity index (χ0) is 59.8. The van der Waals surface area contributed by atoms with Gasteiger partial charge in [-0.05, 0) is 62.6 Å². The van der Waals surface area contributed by atoms with Crippen molar-refractivity contribution in [3.8, 4) is 0 Å². The molecular weight excluding hydrogens is 1060 g/mol. The highest BCUT2D eigenvalue weighted by Crippen LogP contribution is 2.22. The van der Waals surface area contributed by atoms with E-state index in [1.807, 2.05) is 0 Å². The SMILES string of the molecule is CC(C)CC(NC(=O)C1CCC(=O)N1)C(=O)NC(C(=O)NC(Cc1ccccc1)C(=O)NC(C(=O)N1CCCC1C(=O)NC(CC(N)=O)C(=O)NC(Cc1c[nH]c2ccccc12)C(=O)C(N)C(=O)NC(CO)C(N)=O)C(C)O)C(C)O. The minimum Gasteiger partial charge on any atom is -0.394 e. The van der Waals surface area contributed by atoms with Crippen LogP contribution in [0, 0.1) is 5.92 Å². The minimum atomic E-state index is -2.05. The van der Waals surface area contributed by atoms with Crippen molar-refractivity contribution >= 4 is 81.7 Å². The van der Waals surface area contributed by atoms with Crippen LogP contribution in [-0.4, -0.2) is 182 Å². The first-order valence-corrected chi connectivity index (χ1v) is 26.4. The van der Waals surface area contributed by atoms with E-state index in [4.69, 9.17) is 17.2 Å². The molecule has 0 aliphatic carbocycles. The maximum atomic E-state index is 14.5. The summed E-state index contributed by atoms with van der Waals surface area (Å²) in [5.41, 5.74) is 18.4. The van der Waals surface area contributed by atoms with Crippen LogP contribution in [0.1, 0.15) is 77.3 Å². The Kier molecular flexibility index (Phi) is 22.9. The van der Waals surface area contributed by atoms with Crippen LogP contribution in [0.5, 0.6) is 0 Å². The molecule has 0 radical (unpaired) electrons. The molecule has 1 aromatic heterocycles. The first kappa shape index (κ1) is 63.5. The number of rotatable bonds is 29. The lowest BCUT2D eigenvalue weighted by molar-refractivity contribution is -0.145. The van der Waals surface area contributed by atoms with Crippen molar-refractivity contribution in [2.45, 2.75) is 152 Å². The molecule has 2 aliphatic heterocycles. The van der Waals surface area contributed by atoms with E-state index in [0.29, 0.717) is 22.0 Å². The van der Waals surface area contributed by atoms with Gasteiger partial charge in [-0.1, -0.05) is 62.4 Å². The number of primary amides is 2. The molecule has 0 saturated carbocycles. The fourth-order valence-corrected chi connectivity index (χ4v) is 9.40. The number of H-pyrrole nitrogens is 1. The molecule has 81 heavy (non-hydrogen) atoms. The Morgan fingerprint density at radius 3 is 1.86 bits per heavy atom. The van der Waals surface area contributed by atoms with Crippen LogP contribution in [0.3, 0.4) is 0 Å². The molecule has 440 valence electrons. The van der Waals surface area contributed by atoms with E-state index in [-0.39, 0.29) is 63.3 Å². The number of aromatic amines is 1. The van der Waals surface area contributed by atoms with Crippen LogP contribution in [0.15, 0.2) is 60.8 Å². The third-order valence-electron chi connectivity index (χ3n) is 13.7. The van der Waals surface area contributed by atoms with E-state index in [1.165, 1.54) is 13.8 Å². The number of carbonyl (C=O) groups is 12. The van der Waals surface area contributed by atoms with Crippen LogP contribution >= 0.6 is 0 Å². The summed E-state index contributed by atoms with van der Waals surface area (Å²) in [6, 6.07) is -0.426. The summed E-state index contributed by atoms with van der Waals surface area (Å²) in [4.78, 5) is 165. The highest BCUT2D eigenvalue weighted by Gasteiger charge is 2.43. The number of hydrogen-bond donors (Lipinski definition) is 15. The Morgan fingerprint density at radius 1 is 0.667 bits per heavy atom. The highest BCUT2D eigenvalue weighted by atomic mass is 16.3. The molecular formula is C53H73N13O15. The number of benzene rings is 2. The summed E-state index contributed by atoms with van der Waals surface area (Å²) in [5.74, 6) is -11.7. The van der Waals surface area contributed by atoms with Crippen LogP contribution in [0.2, 0.25) is 0 Å². The van der Waals surface area contributed by atoms with Gasteiger partial charge in [-0.15, -0.1) is 0 Å². The molecule has 0 spiro atoms. The number of para-hydroxylation sites is 1. The van der Waals surface area contributed by atoms with Crippen molar-refractivity contribution in [2.75, 3.05) is 13.2 Å². The first-order valence-electron chi connectivity index (χ1n) is 26.4. The summed E-state index contributed by atoms with van der Waals surface area (Å²) in [7, 11) is 0. The molecule has 28 nitrogen and oxygen atoms in total. The van der Waals surface area contributed by atoms with E-state index < -0.39 is 151 Å². The lowest BCUT2D eigenvalue weighted by Crippen LogP contribution is -2.63. The van der Waals surface area contributed by atoms with E-state index in [9.17, 15) is 72.9 Å². The minimum absolute atomic E-state index is 0.0211. The molecule has 11 amide bonds. The predicted octanol–water partition coefficient (Wildman–Crippen LogP) is -5.33. The fourth-order valence-electron chi connectivity index (χ4n) is 9.40. The Labute approximate surface area is 465 Å². The number of amides is 11. The number of carbonyl (C=O) groups excluding carboxylic acids is 12. The molecule has 3 aromatic rings. The van der Waals surface area contributed by atoms with Crippen molar-refractivity contribution < 1.29 is 72.9 Å². The molecule has 3 heterocycles. The Bertz CT molecular complexity index is 2810. The Hall–Kier alpha value is -8.34. The Morgan fingerprint density at radius 2 is 1.26 bits per heavy atom. The van der Waals surface area contributed by atoms with Crippen LogP contribution in [0.4, 0.5) is 0 Å². The smallest absolute Gasteiger partial charge is 0.248 e. The summed E-state index contributed by atoms with van der Waals surface area (Å²) in [6.45, 7) is 4.94. The number of aliphatic hydroxyl groups is 3. The van der Waals surface area contributed by atoms with E-state index >= 15 is 0 Å². The van der Waals surface area contributed by atoms with Crippen molar-refractivity contribution in [2.24, 2.45) is 23.1 Å². The van der Waals surface area contributed by atoms with Gasteiger partial charge in [-0.25, -0.2) is 0 Å². The predicted molar refractivity (Wildman–Crippen MR) is 287 cm³/mol. The molecule has 0 bridgehead atoms. The molecule has 12 unspecified atom stereocenters. The summed E-state index contributed by atoms with van der Waals surface area (Å²) in [6.07, 6.45) is -2.43. The number of nitrogens with one attached hydrogen (secondary N) is 9. The first-order chi connectivity index (χ1) is 38.3. The molecule has 5 rings (SSSR count). The number of aliphatic hydroxyl groups excluding tert-OH is 3. The maximum absolute atomic E-state index is 14.5.